The Labute approximate surface area is 109 Å². The maximum atomic E-state index is 9.64. The molecule has 0 aromatic carbocycles. The predicted molar refractivity (Wildman–Crippen MR) is 71.0 cm³/mol. The molecule has 1 fully saturated rings. The summed E-state index contributed by atoms with van der Waals surface area (Å²) in [6.07, 6.45) is 3.89. The molecule has 3 unspecified atom stereocenters. The minimum absolute atomic E-state index is 0.180. The SMILES string of the molecule is C=NN(/C=C(/C)CCC)C1CCC(O)C(CO)O1. The van der Waals surface area contributed by atoms with E-state index in [1.165, 1.54) is 5.57 Å². The number of hydrogen-bond donors (Lipinski definition) is 2. The van der Waals surface area contributed by atoms with Crippen LogP contribution in [0.5, 0.6) is 0 Å². The first-order valence-electron chi connectivity index (χ1n) is 6.49. The number of aliphatic hydroxyl groups is 2. The number of nitrogens with zero attached hydrogens (tertiary/aromatic N) is 2. The molecule has 5 nitrogen and oxygen atoms in total. The van der Waals surface area contributed by atoms with Crippen molar-refractivity contribution in [2.45, 2.75) is 58.0 Å². The minimum atomic E-state index is -0.598. The zero-order valence-corrected chi connectivity index (χ0v) is 11.2. The van der Waals surface area contributed by atoms with Crippen molar-refractivity contribution in [2.75, 3.05) is 6.61 Å². The highest BCUT2D eigenvalue weighted by Gasteiger charge is 2.31. The van der Waals surface area contributed by atoms with E-state index in [1.807, 2.05) is 13.1 Å². The summed E-state index contributed by atoms with van der Waals surface area (Å²) >= 11 is 0. The van der Waals surface area contributed by atoms with Crippen LogP contribution in [-0.2, 0) is 4.74 Å². The molecule has 1 heterocycles. The van der Waals surface area contributed by atoms with Crippen LogP contribution in [0.3, 0.4) is 0 Å². The van der Waals surface area contributed by atoms with E-state index < -0.39 is 12.2 Å². The van der Waals surface area contributed by atoms with Gasteiger partial charge in [-0.2, -0.15) is 5.10 Å². The summed E-state index contributed by atoms with van der Waals surface area (Å²) in [6.45, 7) is 7.53. The number of aliphatic hydroxyl groups excluding tert-OH is 2. The van der Waals surface area contributed by atoms with Gasteiger partial charge in [-0.3, -0.25) is 0 Å². The van der Waals surface area contributed by atoms with E-state index in [0.29, 0.717) is 12.8 Å². The average molecular weight is 256 g/mol. The lowest BCUT2D eigenvalue weighted by Crippen LogP contribution is -2.45. The lowest BCUT2D eigenvalue weighted by Gasteiger charge is -2.36. The molecule has 1 aliphatic rings. The first kappa shape index (κ1) is 15.1. The highest BCUT2D eigenvalue weighted by Crippen LogP contribution is 2.23. The first-order chi connectivity index (χ1) is 8.62. The van der Waals surface area contributed by atoms with Crippen molar-refractivity contribution in [3.05, 3.63) is 11.8 Å². The van der Waals surface area contributed by atoms with E-state index in [0.717, 1.165) is 12.8 Å². The van der Waals surface area contributed by atoms with E-state index in [2.05, 4.69) is 18.7 Å². The van der Waals surface area contributed by atoms with Gasteiger partial charge in [-0.1, -0.05) is 18.9 Å². The molecule has 0 bridgehead atoms. The monoisotopic (exact) mass is 256 g/mol. The van der Waals surface area contributed by atoms with Crippen molar-refractivity contribution < 1.29 is 14.9 Å². The van der Waals surface area contributed by atoms with Crippen molar-refractivity contribution in [3.8, 4) is 0 Å². The maximum absolute atomic E-state index is 9.64. The number of hydrazone groups is 1. The zero-order chi connectivity index (χ0) is 13.5. The quantitative estimate of drug-likeness (QED) is 0.558. The summed E-state index contributed by atoms with van der Waals surface area (Å²) in [5.41, 5.74) is 1.21. The van der Waals surface area contributed by atoms with Crippen LogP contribution in [0.4, 0.5) is 0 Å². The minimum Gasteiger partial charge on any atom is -0.394 e. The Bertz CT molecular complexity index is 294. The van der Waals surface area contributed by atoms with Crippen molar-refractivity contribution in [2.24, 2.45) is 5.10 Å². The number of hydrogen-bond acceptors (Lipinski definition) is 5. The molecule has 0 spiro atoms. The van der Waals surface area contributed by atoms with Gasteiger partial charge in [0.05, 0.1) is 12.7 Å². The third-order valence-corrected chi connectivity index (χ3v) is 3.11. The molecule has 3 atom stereocenters. The van der Waals surface area contributed by atoms with Crippen LogP contribution >= 0.6 is 0 Å². The van der Waals surface area contributed by atoms with Gasteiger partial charge in [0.15, 0.2) is 6.23 Å². The molecule has 5 heteroatoms. The lowest BCUT2D eigenvalue weighted by molar-refractivity contribution is -0.172. The van der Waals surface area contributed by atoms with Crippen LogP contribution in [0, 0.1) is 0 Å². The average Bonchev–Trinajstić information content (AvgIpc) is 2.37. The first-order valence-corrected chi connectivity index (χ1v) is 6.49. The van der Waals surface area contributed by atoms with Gasteiger partial charge >= 0.3 is 0 Å². The Kier molecular flexibility index (Phi) is 6.32. The van der Waals surface area contributed by atoms with Crippen LogP contribution in [-0.4, -0.2) is 47.0 Å². The molecule has 0 radical (unpaired) electrons. The second-order valence-electron chi connectivity index (χ2n) is 4.70. The number of rotatable bonds is 6. The molecule has 1 saturated heterocycles. The molecule has 1 rings (SSSR count). The molecule has 2 N–H and O–H groups in total. The smallest absolute Gasteiger partial charge is 0.150 e. The topological polar surface area (TPSA) is 65.3 Å². The van der Waals surface area contributed by atoms with E-state index in [9.17, 15) is 5.11 Å². The molecule has 0 saturated carbocycles. The molecule has 0 amide bonds. The fraction of sp³-hybridized carbons (Fsp3) is 0.769. The molecular formula is C13H24N2O3. The van der Waals surface area contributed by atoms with Crippen LogP contribution in [0.1, 0.15) is 39.5 Å². The summed E-state index contributed by atoms with van der Waals surface area (Å²) < 4.78 is 5.63. The van der Waals surface area contributed by atoms with E-state index in [-0.39, 0.29) is 12.8 Å². The Hall–Kier alpha value is -0.910. The van der Waals surface area contributed by atoms with E-state index in [4.69, 9.17) is 9.84 Å². The summed E-state index contributed by atoms with van der Waals surface area (Å²) in [4.78, 5) is 0. The Balaban J connectivity index is 2.65. The van der Waals surface area contributed by atoms with Gasteiger partial charge in [0.1, 0.15) is 6.10 Å². The molecule has 0 aromatic rings. The standard InChI is InChI=1S/C13H24N2O3/c1-4-5-10(2)8-15(14-3)13-7-6-11(17)12(9-16)18-13/h8,11-13,16-17H,3-7,9H2,1-2H3/b10-8-. The number of ether oxygens (including phenoxy) is 1. The fourth-order valence-electron chi connectivity index (χ4n) is 2.12. The van der Waals surface area contributed by atoms with Crippen molar-refractivity contribution in [3.63, 3.8) is 0 Å². The molecular weight excluding hydrogens is 232 g/mol. The summed E-state index contributed by atoms with van der Waals surface area (Å²) in [5, 5.41) is 24.4. The summed E-state index contributed by atoms with van der Waals surface area (Å²) in [7, 11) is 0. The Morgan fingerprint density at radius 2 is 2.28 bits per heavy atom. The van der Waals surface area contributed by atoms with Gasteiger partial charge in [0.25, 0.3) is 0 Å². The number of allylic oxidation sites excluding steroid dienone is 1. The highest BCUT2D eigenvalue weighted by atomic mass is 16.5. The zero-order valence-electron chi connectivity index (χ0n) is 11.2. The van der Waals surface area contributed by atoms with Gasteiger partial charge in [0.2, 0.25) is 0 Å². The maximum Gasteiger partial charge on any atom is 0.150 e. The second kappa shape index (κ2) is 7.51. The third kappa shape index (κ3) is 4.08. The van der Waals surface area contributed by atoms with Crippen LogP contribution in [0.25, 0.3) is 0 Å². The summed E-state index contributed by atoms with van der Waals surface area (Å²) in [5.74, 6) is 0. The second-order valence-corrected chi connectivity index (χ2v) is 4.70. The van der Waals surface area contributed by atoms with Gasteiger partial charge in [-0.05, 0) is 26.2 Å². The molecule has 18 heavy (non-hydrogen) atoms. The predicted octanol–water partition coefficient (Wildman–Crippen LogP) is 1.47. The van der Waals surface area contributed by atoms with E-state index >= 15 is 0 Å². The van der Waals surface area contributed by atoms with Crippen molar-refractivity contribution in [1.29, 1.82) is 0 Å². The van der Waals surface area contributed by atoms with Crippen molar-refractivity contribution >= 4 is 6.72 Å². The fourth-order valence-corrected chi connectivity index (χ4v) is 2.12. The summed E-state index contributed by atoms with van der Waals surface area (Å²) in [6, 6.07) is 0. The third-order valence-electron chi connectivity index (χ3n) is 3.11. The van der Waals surface area contributed by atoms with Gasteiger partial charge in [0, 0.05) is 12.9 Å². The van der Waals surface area contributed by atoms with Crippen molar-refractivity contribution in [1.82, 2.24) is 5.01 Å². The lowest BCUT2D eigenvalue weighted by atomic mass is 10.0. The van der Waals surface area contributed by atoms with Gasteiger partial charge in [-0.15, -0.1) is 0 Å². The Morgan fingerprint density at radius 3 is 2.83 bits per heavy atom. The van der Waals surface area contributed by atoms with Crippen LogP contribution in [0.2, 0.25) is 0 Å². The Morgan fingerprint density at radius 1 is 1.56 bits per heavy atom. The van der Waals surface area contributed by atoms with Gasteiger partial charge in [-0.25, -0.2) is 5.01 Å². The van der Waals surface area contributed by atoms with E-state index in [1.54, 1.807) is 5.01 Å². The highest BCUT2D eigenvalue weighted by molar-refractivity contribution is 5.23. The van der Waals surface area contributed by atoms with Gasteiger partial charge < -0.3 is 14.9 Å². The van der Waals surface area contributed by atoms with Crippen LogP contribution in [0.15, 0.2) is 16.9 Å². The largest absolute Gasteiger partial charge is 0.394 e. The molecule has 0 aromatic heterocycles. The van der Waals surface area contributed by atoms with Crippen LogP contribution < -0.4 is 0 Å². The molecule has 1 aliphatic heterocycles. The normalized spacial score (nSPS) is 29.1. The molecule has 0 aliphatic carbocycles. The molecule has 104 valence electrons.